The van der Waals surface area contributed by atoms with Gasteiger partial charge in [-0.25, -0.2) is 28.7 Å². The van der Waals surface area contributed by atoms with Crippen LogP contribution in [-0.2, 0) is 11.0 Å². The van der Waals surface area contributed by atoms with Crippen molar-refractivity contribution in [2.75, 3.05) is 25.5 Å². The Bertz CT molecular complexity index is 1090. The monoisotopic (exact) mass is 498 g/mol. The minimum Gasteiger partial charge on any atom is -0.394 e. The summed E-state index contributed by atoms with van der Waals surface area (Å²) in [6.45, 7) is 0.580. The number of carbonyl (C=O) groups excluding carboxylic acids is 1. The molecule has 3 rings (SSSR count). The molecule has 35 heavy (non-hydrogen) atoms. The molecule has 0 spiro atoms. The summed E-state index contributed by atoms with van der Waals surface area (Å²) in [6.07, 6.45) is 0.422. The maximum Gasteiger partial charge on any atom is 0.434 e. The molecule has 1 saturated heterocycles. The van der Waals surface area contributed by atoms with E-state index >= 15 is 0 Å². The zero-order valence-electron chi connectivity index (χ0n) is 18.8. The number of hydrogen-bond acceptors (Lipinski definition) is 8. The van der Waals surface area contributed by atoms with Gasteiger partial charge in [-0.15, -0.1) is 0 Å². The molecule has 1 aliphatic heterocycles. The van der Waals surface area contributed by atoms with E-state index in [0.29, 0.717) is 6.20 Å². The third-order valence-corrected chi connectivity index (χ3v) is 5.36. The second kappa shape index (κ2) is 10.3. The lowest BCUT2D eigenvalue weighted by Gasteiger charge is -2.43. The second-order valence-electron chi connectivity index (χ2n) is 7.99. The first kappa shape index (κ1) is 25.9. The van der Waals surface area contributed by atoms with Crippen LogP contribution in [0.25, 0.3) is 5.57 Å². The molecule has 1 aliphatic rings. The van der Waals surface area contributed by atoms with Crippen molar-refractivity contribution in [3.63, 3.8) is 0 Å². The zero-order chi connectivity index (χ0) is 25.8. The molecule has 0 aromatic carbocycles. The summed E-state index contributed by atoms with van der Waals surface area (Å²) in [5.74, 6) is -4.63. The summed E-state index contributed by atoms with van der Waals surface area (Å²) in [5, 5.41) is 2.77. The summed E-state index contributed by atoms with van der Waals surface area (Å²) in [5.41, 5.74) is 4.62. The Labute approximate surface area is 197 Å². The molecule has 0 saturated carbocycles. The number of nitrogens with one attached hydrogen (secondary N) is 1. The summed E-state index contributed by atoms with van der Waals surface area (Å²) in [4.78, 5) is 33.2. The second-order valence-corrected chi connectivity index (χ2v) is 7.99. The summed E-state index contributed by atoms with van der Waals surface area (Å²) in [7, 11) is 1.44. The average molecular weight is 498 g/mol. The van der Waals surface area contributed by atoms with Crippen LogP contribution in [0.5, 0.6) is 0 Å². The number of likely N-dealkylation sites (tertiary alicyclic amines) is 1. The van der Waals surface area contributed by atoms with E-state index in [0.717, 1.165) is 11.1 Å². The Balaban J connectivity index is 1.88. The fraction of sp³-hybridized carbons (Fsp3) is 0.429. The van der Waals surface area contributed by atoms with Crippen LogP contribution >= 0.6 is 0 Å². The maximum atomic E-state index is 14.4. The number of alkyl halides is 5. The Morgan fingerprint density at radius 2 is 1.94 bits per heavy atom. The van der Waals surface area contributed by atoms with Crippen molar-refractivity contribution in [2.45, 2.75) is 31.5 Å². The molecule has 2 atom stereocenters. The van der Waals surface area contributed by atoms with E-state index < -0.39 is 48.6 Å². The summed E-state index contributed by atoms with van der Waals surface area (Å²) >= 11 is 0. The van der Waals surface area contributed by atoms with E-state index in [-0.39, 0.29) is 29.5 Å². The number of hydrogen-bond donors (Lipinski definition) is 2. The fourth-order valence-corrected chi connectivity index (χ4v) is 3.74. The van der Waals surface area contributed by atoms with Gasteiger partial charge in [0, 0.05) is 38.6 Å². The molecule has 3 N–H and O–H groups in total. The molecule has 0 radical (unpaired) electrons. The highest BCUT2D eigenvalue weighted by atomic mass is 19.4. The summed E-state index contributed by atoms with van der Waals surface area (Å²) < 4.78 is 67.0. The predicted molar refractivity (Wildman–Crippen MR) is 117 cm³/mol. The number of amides is 1. The van der Waals surface area contributed by atoms with E-state index in [1.165, 1.54) is 25.7 Å². The van der Waals surface area contributed by atoms with Gasteiger partial charge < -0.3 is 16.0 Å². The molecule has 1 unspecified atom stereocenters. The van der Waals surface area contributed by atoms with Gasteiger partial charge in [-0.2, -0.15) is 13.2 Å². The van der Waals surface area contributed by atoms with Gasteiger partial charge in [0.1, 0.15) is 11.5 Å². The van der Waals surface area contributed by atoms with Crippen LogP contribution in [0.15, 0.2) is 41.5 Å². The highest BCUT2D eigenvalue weighted by Crippen LogP contribution is 2.35. The Kier molecular flexibility index (Phi) is 7.60. The number of carbonyl (C=O) groups is 1. The van der Waals surface area contributed by atoms with Crippen LogP contribution < -0.4 is 11.1 Å². The van der Waals surface area contributed by atoms with E-state index in [1.807, 2.05) is 0 Å². The van der Waals surface area contributed by atoms with Crippen molar-refractivity contribution in [1.29, 1.82) is 0 Å². The number of nitrogens with two attached hydrogens (primary N) is 1. The van der Waals surface area contributed by atoms with Crippen LogP contribution in [0.4, 0.5) is 27.8 Å². The van der Waals surface area contributed by atoms with E-state index in [9.17, 15) is 26.7 Å². The van der Waals surface area contributed by atoms with Gasteiger partial charge in [0.15, 0.2) is 11.5 Å². The Morgan fingerprint density at radius 3 is 2.51 bits per heavy atom. The summed E-state index contributed by atoms with van der Waals surface area (Å²) in [6, 6.07) is 0.780. The SMILES string of the molecule is CN=CC(=C(N)C(=O)N1CC(F)(F)C[C@@H](C)C1CNc1cnc(C(F)(F)F)cn1)c1ncccn1. The minimum absolute atomic E-state index is 0.00469. The lowest BCUT2D eigenvalue weighted by atomic mass is 9.88. The van der Waals surface area contributed by atoms with E-state index in [4.69, 9.17) is 5.73 Å². The van der Waals surface area contributed by atoms with E-state index in [1.54, 1.807) is 13.0 Å². The lowest BCUT2D eigenvalue weighted by molar-refractivity contribution is -0.148. The quantitative estimate of drug-likeness (QED) is 0.357. The van der Waals surface area contributed by atoms with Gasteiger partial charge in [-0.3, -0.25) is 9.79 Å². The molecule has 0 aliphatic carbocycles. The van der Waals surface area contributed by atoms with Crippen molar-refractivity contribution < 1.29 is 26.7 Å². The molecule has 2 aromatic heterocycles. The number of rotatable bonds is 6. The predicted octanol–water partition coefficient (Wildman–Crippen LogP) is 2.64. The fourth-order valence-electron chi connectivity index (χ4n) is 3.74. The van der Waals surface area contributed by atoms with Gasteiger partial charge in [-0.1, -0.05) is 6.92 Å². The largest absolute Gasteiger partial charge is 0.434 e. The van der Waals surface area contributed by atoms with Gasteiger partial charge in [0.25, 0.3) is 11.8 Å². The topological polar surface area (TPSA) is 122 Å². The third-order valence-electron chi connectivity index (χ3n) is 5.36. The minimum atomic E-state index is -4.65. The van der Waals surface area contributed by atoms with Crippen molar-refractivity contribution in [3.8, 4) is 0 Å². The van der Waals surface area contributed by atoms with Crippen molar-refractivity contribution >= 4 is 23.5 Å². The molecule has 2 aromatic rings. The van der Waals surface area contributed by atoms with Crippen LogP contribution in [0, 0.1) is 5.92 Å². The van der Waals surface area contributed by atoms with Crippen molar-refractivity contribution in [1.82, 2.24) is 24.8 Å². The molecule has 188 valence electrons. The molecular formula is C21H23F5N8O. The molecule has 0 bridgehead atoms. The average Bonchev–Trinajstić information content (AvgIpc) is 2.80. The van der Waals surface area contributed by atoms with Gasteiger partial charge >= 0.3 is 6.18 Å². The smallest absolute Gasteiger partial charge is 0.394 e. The molecular weight excluding hydrogens is 475 g/mol. The third kappa shape index (κ3) is 6.25. The van der Waals surface area contributed by atoms with Crippen LogP contribution in [0.3, 0.4) is 0 Å². The number of allylic oxidation sites excluding steroid dienone is 1. The highest BCUT2D eigenvalue weighted by Gasteiger charge is 2.46. The highest BCUT2D eigenvalue weighted by molar-refractivity contribution is 6.17. The lowest BCUT2D eigenvalue weighted by Crippen LogP contribution is -2.58. The van der Waals surface area contributed by atoms with Crippen molar-refractivity contribution in [2.24, 2.45) is 16.6 Å². The van der Waals surface area contributed by atoms with Crippen LogP contribution in [0.1, 0.15) is 24.9 Å². The maximum absolute atomic E-state index is 14.4. The number of aromatic nitrogens is 4. The number of anilines is 1. The molecule has 1 fully saturated rings. The molecule has 9 nitrogen and oxygen atoms in total. The van der Waals surface area contributed by atoms with Crippen LogP contribution in [-0.4, -0.2) is 69.1 Å². The Hall–Kier alpha value is -3.71. The first-order valence-electron chi connectivity index (χ1n) is 10.4. The molecule has 3 heterocycles. The number of aliphatic imine (C=N–C) groups is 1. The molecule has 14 heteroatoms. The number of halogens is 5. The zero-order valence-corrected chi connectivity index (χ0v) is 18.8. The van der Waals surface area contributed by atoms with E-state index in [2.05, 4.69) is 30.2 Å². The Morgan fingerprint density at radius 1 is 1.26 bits per heavy atom. The standard InChI is InChI=1S/C21H23F5N8O/c1-12-6-20(22,23)11-34(14(12)8-32-16-10-31-15(9-33-16)21(24,25)26)19(35)17(27)13(7-28-2)18-29-4-3-5-30-18/h3-5,7,9-10,12,14H,6,8,11,27H2,1-2H3,(H,32,33)/t12-,14?/m1/s1. The van der Waals surface area contributed by atoms with Gasteiger partial charge in [0.2, 0.25) is 0 Å². The van der Waals surface area contributed by atoms with Gasteiger partial charge in [0.05, 0.1) is 30.6 Å². The van der Waals surface area contributed by atoms with Crippen molar-refractivity contribution in [3.05, 3.63) is 48.1 Å². The molecule has 1 amide bonds. The van der Waals surface area contributed by atoms with Gasteiger partial charge in [-0.05, 0) is 12.0 Å². The first-order chi connectivity index (χ1) is 16.4. The number of nitrogens with zero attached hydrogens (tertiary/aromatic N) is 6. The number of piperidine rings is 1. The normalized spacial score (nSPS) is 21.1. The first-order valence-corrected chi connectivity index (χ1v) is 10.4. The van der Waals surface area contributed by atoms with Crippen LogP contribution in [0.2, 0.25) is 0 Å².